The Hall–Kier alpha value is 0.270. The van der Waals surface area contributed by atoms with Crippen LogP contribution in [0.3, 0.4) is 0 Å². The van der Waals surface area contributed by atoms with Crippen molar-refractivity contribution in [1.82, 2.24) is 9.80 Å². The molecule has 0 aliphatic carbocycles. The summed E-state index contributed by atoms with van der Waals surface area (Å²) in [5.74, 6) is 2.51. The molecule has 1 atom stereocenters. The summed E-state index contributed by atoms with van der Waals surface area (Å²) in [7, 11) is 0. The fourth-order valence-corrected chi connectivity index (χ4v) is 2.81. The molecule has 0 aromatic heterocycles. The number of hydrogen-bond acceptors (Lipinski definition) is 3. The van der Waals surface area contributed by atoms with Crippen molar-refractivity contribution in [1.29, 1.82) is 0 Å². The number of nitrogens with zero attached hydrogens (tertiary/aromatic N) is 2. The van der Waals surface area contributed by atoms with Gasteiger partial charge in [-0.2, -0.15) is 12.6 Å². The fraction of sp³-hybridized carbons (Fsp3) is 1.00. The summed E-state index contributed by atoms with van der Waals surface area (Å²) >= 11 is 4.47. The molecule has 1 rings (SSSR count). The van der Waals surface area contributed by atoms with Gasteiger partial charge in [-0.05, 0) is 31.4 Å². The monoisotopic (exact) mass is 244 g/mol. The average molecular weight is 244 g/mol. The van der Waals surface area contributed by atoms with Crippen LogP contribution < -0.4 is 0 Å². The van der Waals surface area contributed by atoms with Crippen molar-refractivity contribution in [2.24, 2.45) is 11.8 Å². The minimum Gasteiger partial charge on any atom is -0.300 e. The van der Waals surface area contributed by atoms with Gasteiger partial charge >= 0.3 is 0 Å². The Labute approximate surface area is 107 Å². The van der Waals surface area contributed by atoms with Gasteiger partial charge in [0.15, 0.2) is 0 Å². The van der Waals surface area contributed by atoms with Gasteiger partial charge in [-0.25, -0.2) is 0 Å². The third-order valence-electron chi connectivity index (χ3n) is 3.81. The Morgan fingerprint density at radius 3 is 1.94 bits per heavy atom. The number of rotatable bonds is 5. The third-order valence-corrected chi connectivity index (χ3v) is 4.28. The topological polar surface area (TPSA) is 6.48 Å². The summed E-state index contributed by atoms with van der Waals surface area (Å²) in [6, 6.07) is 0.702. The Morgan fingerprint density at radius 1 is 1.00 bits per heavy atom. The molecule has 0 radical (unpaired) electrons. The Balaban J connectivity index is 2.31. The van der Waals surface area contributed by atoms with E-state index in [-0.39, 0.29) is 0 Å². The van der Waals surface area contributed by atoms with Gasteiger partial charge in [0.1, 0.15) is 0 Å². The molecule has 0 N–H and O–H groups in total. The van der Waals surface area contributed by atoms with Crippen LogP contribution >= 0.6 is 12.6 Å². The second-order valence-corrected chi connectivity index (χ2v) is 5.98. The molecule has 1 aliphatic heterocycles. The van der Waals surface area contributed by atoms with Gasteiger partial charge in [0, 0.05) is 38.8 Å². The molecule has 3 heteroatoms. The molecule has 2 nitrogen and oxygen atoms in total. The lowest BCUT2D eigenvalue weighted by Gasteiger charge is -2.38. The van der Waals surface area contributed by atoms with Gasteiger partial charge < -0.3 is 4.90 Å². The molecule has 0 bridgehead atoms. The van der Waals surface area contributed by atoms with Crippen molar-refractivity contribution in [2.45, 2.75) is 33.7 Å². The van der Waals surface area contributed by atoms with Crippen molar-refractivity contribution in [3.63, 3.8) is 0 Å². The van der Waals surface area contributed by atoms with Crippen LogP contribution in [0.2, 0.25) is 0 Å². The van der Waals surface area contributed by atoms with Crippen molar-refractivity contribution in [2.75, 3.05) is 38.5 Å². The van der Waals surface area contributed by atoms with Gasteiger partial charge in [-0.1, -0.05) is 13.8 Å². The molecule has 0 aromatic carbocycles. The number of hydrogen-bond donors (Lipinski definition) is 1. The fourth-order valence-electron chi connectivity index (χ4n) is 2.27. The second-order valence-electron chi connectivity index (χ2n) is 5.62. The lowest BCUT2D eigenvalue weighted by Crippen LogP contribution is -2.50. The SMILES string of the molecule is CC(C)C(CS)CN1CCN(C(C)C)CC1. The van der Waals surface area contributed by atoms with Gasteiger partial charge in [0.05, 0.1) is 0 Å². The van der Waals surface area contributed by atoms with Crippen LogP contribution in [0.5, 0.6) is 0 Å². The van der Waals surface area contributed by atoms with Crippen LogP contribution in [0.25, 0.3) is 0 Å². The third kappa shape index (κ3) is 4.27. The van der Waals surface area contributed by atoms with E-state index in [2.05, 4.69) is 50.1 Å². The summed E-state index contributed by atoms with van der Waals surface area (Å²) in [5.41, 5.74) is 0. The molecule has 16 heavy (non-hydrogen) atoms. The molecular weight excluding hydrogens is 216 g/mol. The Kier molecular flexibility index (Phi) is 6.16. The van der Waals surface area contributed by atoms with Crippen LogP contribution in [0.1, 0.15) is 27.7 Å². The lowest BCUT2D eigenvalue weighted by molar-refractivity contribution is 0.0936. The van der Waals surface area contributed by atoms with E-state index in [1.165, 1.54) is 32.7 Å². The Morgan fingerprint density at radius 2 is 1.56 bits per heavy atom. The van der Waals surface area contributed by atoms with Gasteiger partial charge in [0.2, 0.25) is 0 Å². The van der Waals surface area contributed by atoms with Crippen LogP contribution in [0.4, 0.5) is 0 Å². The van der Waals surface area contributed by atoms with Crippen molar-refractivity contribution < 1.29 is 0 Å². The standard InChI is InChI=1S/C13H28N2S/c1-11(2)13(10-16)9-14-5-7-15(8-6-14)12(3)4/h11-13,16H,5-10H2,1-4H3. The van der Waals surface area contributed by atoms with Gasteiger partial charge in [0.25, 0.3) is 0 Å². The largest absolute Gasteiger partial charge is 0.300 e. The highest BCUT2D eigenvalue weighted by atomic mass is 32.1. The number of piperazine rings is 1. The second kappa shape index (κ2) is 6.87. The van der Waals surface area contributed by atoms with E-state index in [1.807, 2.05) is 0 Å². The van der Waals surface area contributed by atoms with Crippen molar-refractivity contribution in [3.8, 4) is 0 Å². The first kappa shape index (κ1) is 14.3. The van der Waals surface area contributed by atoms with E-state index >= 15 is 0 Å². The molecule has 0 aromatic rings. The Bertz CT molecular complexity index is 186. The first-order valence-electron chi connectivity index (χ1n) is 6.61. The molecule has 1 heterocycles. The molecule has 1 fully saturated rings. The molecule has 1 unspecified atom stereocenters. The van der Waals surface area contributed by atoms with Gasteiger partial charge in [-0.15, -0.1) is 0 Å². The predicted molar refractivity (Wildman–Crippen MR) is 75.3 cm³/mol. The molecule has 96 valence electrons. The molecule has 0 amide bonds. The van der Waals surface area contributed by atoms with Crippen molar-refractivity contribution >= 4 is 12.6 Å². The van der Waals surface area contributed by atoms with Crippen molar-refractivity contribution in [3.05, 3.63) is 0 Å². The maximum atomic E-state index is 4.47. The quantitative estimate of drug-likeness (QED) is 0.741. The lowest BCUT2D eigenvalue weighted by atomic mass is 9.97. The van der Waals surface area contributed by atoms with Crippen LogP contribution in [-0.2, 0) is 0 Å². The zero-order valence-corrected chi connectivity index (χ0v) is 12.2. The molecular formula is C13H28N2S. The van der Waals surface area contributed by atoms with Crippen LogP contribution in [0, 0.1) is 11.8 Å². The summed E-state index contributed by atoms with van der Waals surface area (Å²) in [6.45, 7) is 15.4. The first-order chi connectivity index (χ1) is 7.54. The maximum Gasteiger partial charge on any atom is 0.0113 e. The van der Waals surface area contributed by atoms with E-state index in [1.54, 1.807) is 0 Å². The van der Waals surface area contributed by atoms with E-state index < -0.39 is 0 Å². The van der Waals surface area contributed by atoms with E-state index in [4.69, 9.17) is 0 Å². The van der Waals surface area contributed by atoms with Crippen LogP contribution in [-0.4, -0.2) is 54.3 Å². The highest BCUT2D eigenvalue weighted by Gasteiger charge is 2.21. The highest BCUT2D eigenvalue weighted by molar-refractivity contribution is 7.80. The predicted octanol–water partition coefficient (Wildman–Crippen LogP) is 2.21. The molecule has 0 spiro atoms. The zero-order chi connectivity index (χ0) is 12.1. The smallest absolute Gasteiger partial charge is 0.0113 e. The normalized spacial score (nSPS) is 21.9. The number of thiol groups is 1. The maximum absolute atomic E-state index is 4.47. The van der Waals surface area contributed by atoms with E-state index in [0.717, 1.165) is 17.6 Å². The minimum absolute atomic E-state index is 0.702. The minimum atomic E-state index is 0.702. The first-order valence-corrected chi connectivity index (χ1v) is 7.25. The van der Waals surface area contributed by atoms with E-state index in [9.17, 15) is 0 Å². The van der Waals surface area contributed by atoms with Gasteiger partial charge in [-0.3, -0.25) is 4.90 Å². The summed E-state index contributed by atoms with van der Waals surface area (Å²) in [5, 5.41) is 0. The summed E-state index contributed by atoms with van der Waals surface area (Å²) < 4.78 is 0. The summed E-state index contributed by atoms with van der Waals surface area (Å²) in [4.78, 5) is 5.18. The molecule has 1 saturated heterocycles. The molecule has 0 saturated carbocycles. The highest BCUT2D eigenvalue weighted by Crippen LogP contribution is 2.16. The average Bonchev–Trinajstić information content (AvgIpc) is 2.26. The van der Waals surface area contributed by atoms with Crippen LogP contribution in [0.15, 0.2) is 0 Å². The zero-order valence-electron chi connectivity index (χ0n) is 11.3. The summed E-state index contributed by atoms with van der Waals surface area (Å²) in [6.07, 6.45) is 0. The van der Waals surface area contributed by atoms with E-state index in [0.29, 0.717) is 6.04 Å². The molecule has 1 aliphatic rings.